The van der Waals surface area contributed by atoms with Crippen molar-refractivity contribution in [3.05, 3.63) is 52.3 Å². The van der Waals surface area contributed by atoms with E-state index in [1.54, 1.807) is 48.0 Å². The van der Waals surface area contributed by atoms with Gasteiger partial charge in [0.2, 0.25) is 0 Å². The Bertz CT molecular complexity index is 1250. The Morgan fingerprint density at radius 1 is 1.32 bits per heavy atom. The lowest BCUT2D eigenvalue weighted by Gasteiger charge is -2.35. The van der Waals surface area contributed by atoms with Crippen molar-refractivity contribution < 1.29 is 23.1 Å². The summed E-state index contributed by atoms with van der Waals surface area (Å²) in [6, 6.07) is 8.98. The van der Waals surface area contributed by atoms with Crippen LogP contribution in [0.4, 0.5) is 8.78 Å². The van der Waals surface area contributed by atoms with E-state index in [9.17, 15) is 18.4 Å². The highest BCUT2D eigenvalue weighted by Gasteiger charge is 2.50. The zero-order valence-electron chi connectivity index (χ0n) is 21.7. The monoisotopic (exact) mass is 546 g/mol. The predicted octanol–water partition coefficient (Wildman–Crippen LogP) is 2.83. The zero-order chi connectivity index (χ0) is 27.7. The summed E-state index contributed by atoms with van der Waals surface area (Å²) in [5.74, 6) is -0.555. The zero-order valence-corrected chi connectivity index (χ0v) is 22.5. The molecule has 12 heteroatoms. The van der Waals surface area contributed by atoms with Crippen molar-refractivity contribution in [3.8, 4) is 6.07 Å². The third kappa shape index (κ3) is 6.34. The average molecular weight is 547 g/mol. The number of hydrogen-bond acceptors (Lipinski definition) is 7. The van der Waals surface area contributed by atoms with Crippen LogP contribution in [0, 0.1) is 11.3 Å². The van der Waals surface area contributed by atoms with Gasteiger partial charge in [0.1, 0.15) is 5.69 Å². The van der Waals surface area contributed by atoms with Crippen LogP contribution in [0.5, 0.6) is 0 Å². The Morgan fingerprint density at radius 2 is 2.00 bits per heavy atom. The minimum atomic E-state index is -3.36. The Labute approximate surface area is 224 Å². The van der Waals surface area contributed by atoms with Crippen LogP contribution in [0.1, 0.15) is 64.4 Å². The number of hydrogen-bond donors (Lipinski definition) is 2. The van der Waals surface area contributed by atoms with Crippen LogP contribution in [0.25, 0.3) is 0 Å². The number of fused-ring (bicyclic) bond motifs is 1. The number of nitrogens with zero attached hydrogens (tertiary/aromatic N) is 4. The van der Waals surface area contributed by atoms with Crippen LogP contribution in [-0.2, 0) is 24.8 Å². The lowest BCUT2D eigenvalue weighted by molar-refractivity contribution is -0.232. The molecule has 1 aliphatic heterocycles. The van der Waals surface area contributed by atoms with E-state index in [1.807, 2.05) is 13.8 Å². The minimum absolute atomic E-state index is 0.162. The maximum absolute atomic E-state index is 13.5. The summed E-state index contributed by atoms with van der Waals surface area (Å²) < 4.78 is 32.4. The molecule has 1 aliphatic carbocycles. The molecule has 1 saturated carbocycles. The molecule has 1 aromatic heterocycles. The predicted molar refractivity (Wildman–Crippen MR) is 139 cm³/mol. The standard InChI is InChI=1S/C26H32F2N6O3S/c1-24(2,16-37-26(27,28)14-30)38-25(9-10-25)15-34-11-8-19-20(32-33(3)21(19)23(34)36)22(35)31-13-18-6-4-17(12-29)5-7-18/h4-7H,8-11,13-16,30H2,1-3H3,(H,31,35). The molecule has 2 amide bonds. The van der Waals surface area contributed by atoms with Gasteiger partial charge < -0.3 is 20.7 Å². The van der Waals surface area contributed by atoms with Gasteiger partial charge in [0, 0.05) is 41.7 Å². The van der Waals surface area contributed by atoms with Crippen molar-refractivity contribution in [3.63, 3.8) is 0 Å². The Balaban J connectivity index is 1.39. The normalized spacial score (nSPS) is 16.7. The van der Waals surface area contributed by atoms with E-state index >= 15 is 0 Å². The second-order valence-electron chi connectivity index (χ2n) is 10.4. The molecular weight excluding hydrogens is 514 g/mol. The van der Waals surface area contributed by atoms with E-state index in [0.717, 1.165) is 18.4 Å². The third-order valence-electron chi connectivity index (χ3n) is 6.67. The van der Waals surface area contributed by atoms with Crippen LogP contribution >= 0.6 is 11.8 Å². The van der Waals surface area contributed by atoms with Gasteiger partial charge in [-0.1, -0.05) is 12.1 Å². The quantitative estimate of drug-likeness (QED) is 0.444. The van der Waals surface area contributed by atoms with Crippen LogP contribution in [0.2, 0.25) is 0 Å². The number of aromatic nitrogens is 2. The molecule has 1 fully saturated rings. The molecular formula is C26H32F2N6O3S. The van der Waals surface area contributed by atoms with Crippen molar-refractivity contribution in [1.29, 1.82) is 5.26 Å². The highest BCUT2D eigenvalue weighted by Crippen LogP contribution is 2.54. The van der Waals surface area contributed by atoms with Gasteiger partial charge >= 0.3 is 6.11 Å². The lowest BCUT2D eigenvalue weighted by atomic mass is 10.0. The van der Waals surface area contributed by atoms with Gasteiger partial charge in [-0.05, 0) is 50.8 Å². The van der Waals surface area contributed by atoms with Crippen LogP contribution in [0.3, 0.4) is 0 Å². The number of aryl methyl sites for hydroxylation is 1. The first kappa shape index (κ1) is 28.0. The van der Waals surface area contributed by atoms with E-state index in [2.05, 4.69) is 16.5 Å². The summed E-state index contributed by atoms with van der Waals surface area (Å²) in [5.41, 5.74) is 7.71. The molecule has 0 saturated heterocycles. The molecule has 4 rings (SSSR count). The summed E-state index contributed by atoms with van der Waals surface area (Å²) in [5, 5.41) is 16.1. The highest BCUT2D eigenvalue weighted by atomic mass is 32.2. The van der Waals surface area contributed by atoms with Crippen LogP contribution < -0.4 is 11.1 Å². The van der Waals surface area contributed by atoms with Crippen molar-refractivity contribution in [2.24, 2.45) is 12.8 Å². The third-order valence-corrected chi connectivity index (χ3v) is 8.31. The molecule has 9 nitrogen and oxygen atoms in total. The molecule has 3 N–H and O–H groups in total. The fourth-order valence-corrected chi connectivity index (χ4v) is 6.42. The van der Waals surface area contributed by atoms with Crippen LogP contribution in [0.15, 0.2) is 24.3 Å². The van der Waals surface area contributed by atoms with E-state index in [-0.39, 0.29) is 35.4 Å². The largest absolute Gasteiger partial charge is 0.367 e. The average Bonchev–Trinajstić information content (AvgIpc) is 3.54. The number of rotatable bonds is 11. The number of amides is 2. The lowest BCUT2D eigenvalue weighted by Crippen LogP contribution is -2.44. The van der Waals surface area contributed by atoms with Gasteiger partial charge in [-0.3, -0.25) is 14.3 Å². The van der Waals surface area contributed by atoms with E-state index in [4.69, 9.17) is 15.7 Å². The first-order valence-corrected chi connectivity index (χ1v) is 13.2. The van der Waals surface area contributed by atoms with E-state index in [0.29, 0.717) is 36.3 Å². The maximum Gasteiger partial charge on any atom is 0.367 e. The van der Waals surface area contributed by atoms with Gasteiger partial charge in [-0.2, -0.15) is 19.1 Å². The topological polar surface area (TPSA) is 126 Å². The first-order valence-electron chi connectivity index (χ1n) is 12.4. The van der Waals surface area contributed by atoms with E-state index in [1.165, 1.54) is 4.68 Å². The number of nitrogens with one attached hydrogen (secondary N) is 1. The maximum atomic E-state index is 13.5. The number of halogens is 2. The van der Waals surface area contributed by atoms with Crippen molar-refractivity contribution in [2.45, 2.75) is 55.3 Å². The second-order valence-corrected chi connectivity index (χ2v) is 12.6. The molecule has 0 spiro atoms. The number of carbonyl (C=O) groups excluding carboxylic acids is 2. The number of ether oxygens (including phenoxy) is 1. The summed E-state index contributed by atoms with van der Waals surface area (Å²) in [7, 11) is 1.65. The summed E-state index contributed by atoms with van der Waals surface area (Å²) in [6.07, 6.45) is -1.12. The molecule has 0 radical (unpaired) electrons. The Morgan fingerprint density at radius 3 is 2.61 bits per heavy atom. The van der Waals surface area contributed by atoms with Crippen molar-refractivity contribution >= 4 is 23.6 Å². The highest BCUT2D eigenvalue weighted by molar-refractivity contribution is 8.02. The van der Waals surface area contributed by atoms with Crippen molar-refractivity contribution in [1.82, 2.24) is 20.0 Å². The number of benzene rings is 1. The number of thioether (sulfide) groups is 1. The summed E-state index contributed by atoms with van der Waals surface area (Å²) in [6.45, 7) is 3.87. The van der Waals surface area contributed by atoms with Gasteiger partial charge in [0.05, 0.1) is 24.8 Å². The fraction of sp³-hybridized carbons (Fsp3) is 0.538. The van der Waals surface area contributed by atoms with Crippen molar-refractivity contribution in [2.75, 3.05) is 26.2 Å². The van der Waals surface area contributed by atoms with Gasteiger partial charge in [-0.25, -0.2) is 0 Å². The van der Waals surface area contributed by atoms with Crippen LogP contribution in [-0.4, -0.2) is 68.3 Å². The van der Waals surface area contributed by atoms with Gasteiger partial charge in [0.15, 0.2) is 5.69 Å². The molecule has 0 atom stereocenters. The number of nitrogens with two attached hydrogens (primary N) is 1. The SMILES string of the molecule is Cn1nc(C(=O)NCc2ccc(C#N)cc2)c2c1C(=O)N(CC1(SC(C)(C)COC(F)(F)CN)CC1)CC2. The molecule has 2 aromatic rings. The van der Waals surface area contributed by atoms with Gasteiger partial charge in [-0.15, -0.1) is 11.8 Å². The summed E-state index contributed by atoms with van der Waals surface area (Å²) in [4.78, 5) is 28.1. The number of nitriles is 1. The second kappa shape index (κ2) is 10.6. The number of alkyl halides is 2. The number of carbonyl (C=O) groups is 2. The Hall–Kier alpha value is -3.01. The van der Waals surface area contributed by atoms with E-state index < -0.39 is 17.4 Å². The molecule has 0 unspecified atom stereocenters. The molecule has 2 heterocycles. The Kier molecular flexibility index (Phi) is 7.84. The molecule has 0 bridgehead atoms. The molecule has 1 aromatic carbocycles. The molecule has 204 valence electrons. The summed E-state index contributed by atoms with van der Waals surface area (Å²) >= 11 is 1.57. The first-order chi connectivity index (χ1) is 17.9. The van der Waals surface area contributed by atoms with Gasteiger partial charge in [0.25, 0.3) is 11.8 Å². The minimum Gasteiger partial charge on any atom is -0.347 e. The fourth-order valence-electron chi connectivity index (χ4n) is 4.60. The molecule has 2 aliphatic rings. The molecule has 38 heavy (non-hydrogen) atoms. The smallest absolute Gasteiger partial charge is 0.347 e.